The van der Waals surface area contributed by atoms with Crippen molar-refractivity contribution in [2.75, 3.05) is 0 Å². The molecule has 0 amide bonds. The molecule has 2 rings (SSSR count). The number of hydrogen-bond acceptors (Lipinski definition) is 3. The van der Waals surface area contributed by atoms with E-state index in [2.05, 4.69) is 4.98 Å². The van der Waals surface area contributed by atoms with E-state index in [1.807, 2.05) is 0 Å². The first kappa shape index (κ1) is 10.1. The second kappa shape index (κ2) is 3.64. The normalized spacial score (nSPS) is 10.5. The number of oxazole rings is 1. The number of benzene rings is 1. The molecule has 0 radical (unpaired) electrons. The summed E-state index contributed by atoms with van der Waals surface area (Å²) >= 11 is 11.7. The maximum absolute atomic E-state index is 10.8. The van der Waals surface area contributed by atoms with E-state index in [1.165, 1.54) is 0 Å². The van der Waals surface area contributed by atoms with Crippen LogP contribution in [0.2, 0.25) is 10.0 Å². The summed E-state index contributed by atoms with van der Waals surface area (Å²) in [5, 5.41) is 9.95. The van der Waals surface area contributed by atoms with Crippen molar-refractivity contribution in [2.24, 2.45) is 0 Å². The van der Waals surface area contributed by atoms with Crippen LogP contribution >= 0.6 is 23.2 Å². The van der Waals surface area contributed by atoms with Gasteiger partial charge in [-0.25, -0.2) is 4.79 Å². The van der Waals surface area contributed by atoms with Crippen molar-refractivity contribution < 1.29 is 9.52 Å². The van der Waals surface area contributed by atoms with Crippen LogP contribution in [-0.4, -0.2) is 10.1 Å². The smallest absolute Gasteiger partial charge is 0.419 e. The highest BCUT2D eigenvalue weighted by Crippen LogP contribution is 2.37. The van der Waals surface area contributed by atoms with E-state index in [0.29, 0.717) is 10.0 Å². The Morgan fingerprint density at radius 2 is 1.87 bits per heavy atom. The molecule has 0 saturated carbocycles. The number of rotatable bonds is 1. The van der Waals surface area contributed by atoms with Crippen molar-refractivity contribution in [3.8, 4) is 17.2 Å². The average Bonchev–Trinajstić information content (AvgIpc) is 2.45. The largest absolute Gasteiger partial charge is 0.492 e. The lowest BCUT2D eigenvalue weighted by Gasteiger charge is -2.02. The van der Waals surface area contributed by atoms with Gasteiger partial charge in [0.15, 0.2) is 0 Å². The van der Waals surface area contributed by atoms with Crippen LogP contribution in [0.25, 0.3) is 11.3 Å². The monoisotopic (exact) mass is 245 g/mol. The number of aromatic amines is 1. The van der Waals surface area contributed by atoms with Crippen molar-refractivity contribution >= 4 is 23.2 Å². The van der Waals surface area contributed by atoms with Gasteiger partial charge in [0.05, 0.1) is 15.6 Å². The lowest BCUT2D eigenvalue weighted by Crippen LogP contribution is -1.92. The van der Waals surface area contributed by atoms with Crippen LogP contribution in [0.1, 0.15) is 0 Å². The Balaban J connectivity index is 2.74. The fraction of sp³-hybridized carbons (Fsp3) is 0. The minimum absolute atomic E-state index is 0.0596. The molecule has 2 aromatic rings. The van der Waals surface area contributed by atoms with Gasteiger partial charge in [0.1, 0.15) is 0 Å². The Labute approximate surface area is 94.1 Å². The minimum Gasteiger partial charge on any atom is -0.492 e. The Hall–Kier alpha value is -1.39. The maximum Gasteiger partial charge on any atom is 0.419 e. The molecule has 1 heterocycles. The Morgan fingerprint density at radius 3 is 2.33 bits per heavy atom. The van der Waals surface area contributed by atoms with Gasteiger partial charge in [-0.3, -0.25) is 4.98 Å². The molecule has 0 aliphatic heterocycles. The molecule has 0 aliphatic rings. The van der Waals surface area contributed by atoms with Crippen LogP contribution < -0.4 is 5.76 Å². The third-order valence-electron chi connectivity index (χ3n) is 1.82. The quantitative estimate of drug-likeness (QED) is 0.812. The minimum atomic E-state index is -0.765. The van der Waals surface area contributed by atoms with E-state index in [1.54, 1.807) is 18.2 Å². The van der Waals surface area contributed by atoms with Crippen LogP contribution in [0.4, 0.5) is 0 Å². The highest BCUT2D eigenvalue weighted by Gasteiger charge is 2.17. The molecule has 1 aromatic carbocycles. The topological polar surface area (TPSA) is 66.2 Å². The summed E-state index contributed by atoms with van der Waals surface area (Å²) in [7, 11) is 0. The van der Waals surface area contributed by atoms with E-state index in [0.717, 1.165) is 0 Å². The SMILES string of the molecule is O=c1[nH]c(O)c(-c2c(Cl)cccc2Cl)o1. The molecule has 0 atom stereocenters. The first-order valence-corrected chi connectivity index (χ1v) is 4.71. The number of hydrogen-bond donors (Lipinski definition) is 2. The summed E-state index contributed by atoms with van der Waals surface area (Å²) in [6.07, 6.45) is 0. The van der Waals surface area contributed by atoms with Crippen LogP contribution in [0.3, 0.4) is 0 Å². The third kappa shape index (κ3) is 1.73. The van der Waals surface area contributed by atoms with Gasteiger partial charge in [0.2, 0.25) is 11.6 Å². The van der Waals surface area contributed by atoms with Crippen molar-refractivity contribution in [1.29, 1.82) is 0 Å². The second-order valence-electron chi connectivity index (χ2n) is 2.79. The highest BCUT2D eigenvalue weighted by atomic mass is 35.5. The fourth-order valence-corrected chi connectivity index (χ4v) is 1.77. The molecule has 0 aliphatic carbocycles. The molecule has 78 valence electrons. The summed E-state index contributed by atoms with van der Waals surface area (Å²) in [5.74, 6) is -1.22. The molecule has 2 N–H and O–H groups in total. The zero-order valence-corrected chi connectivity index (χ0v) is 8.76. The standard InChI is InChI=1S/C9H5Cl2NO3/c10-4-2-1-3-5(11)6(4)7-8(13)12-9(14)15-7/h1-3,13H,(H,12,14). The molecule has 0 unspecified atom stereocenters. The van der Waals surface area contributed by atoms with Crippen molar-refractivity contribution in [1.82, 2.24) is 4.98 Å². The Kier molecular flexibility index (Phi) is 2.46. The summed E-state index contributed by atoms with van der Waals surface area (Å²) in [4.78, 5) is 12.9. The average molecular weight is 246 g/mol. The Morgan fingerprint density at radius 1 is 1.27 bits per heavy atom. The summed E-state index contributed by atoms with van der Waals surface area (Å²) in [6, 6.07) is 4.81. The summed E-state index contributed by atoms with van der Waals surface area (Å²) in [5.41, 5.74) is 0.289. The molecule has 1 aromatic heterocycles. The molecule has 6 heteroatoms. The number of aromatic hydroxyl groups is 1. The predicted molar refractivity (Wildman–Crippen MR) is 56.4 cm³/mol. The molecule has 0 fully saturated rings. The van der Waals surface area contributed by atoms with Gasteiger partial charge in [-0.05, 0) is 12.1 Å². The fourth-order valence-electron chi connectivity index (χ4n) is 1.20. The highest BCUT2D eigenvalue weighted by molar-refractivity contribution is 6.39. The predicted octanol–water partition coefficient (Wildman–Crippen LogP) is 2.65. The lowest BCUT2D eigenvalue weighted by atomic mass is 10.2. The zero-order chi connectivity index (χ0) is 11.0. The molecule has 4 nitrogen and oxygen atoms in total. The first-order chi connectivity index (χ1) is 7.09. The van der Waals surface area contributed by atoms with E-state index in [-0.39, 0.29) is 11.3 Å². The van der Waals surface area contributed by atoms with Gasteiger partial charge in [-0.1, -0.05) is 29.3 Å². The van der Waals surface area contributed by atoms with Gasteiger partial charge in [-0.2, -0.15) is 0 Å². The van der Waals surface area contributed by atoms with Crippen molar-refractivity contribution in [2.45, 2.75) is 0 Å². The molecule has 0 saturated heterocycles. The van der Waals surface area contributed by atoms with Gasteiger partial charge in [0, 0.05) is 0 Å². The summed E-state index contributed by atoms with van der Waals surface area (Å²) < 4.78 is 4.73. The van der Waals surface area contributed by atoms with E-state index in [9.17, 15) is 9.90 Å². The van der Waals surface area contributed by atoms with E-state index < -0.39 is 11.6 Å². The van der Waals surface area contributed by atoms with Gasteiger partial charge >= 0.3 is 5.76 Å². The van der Waals surface area contributed by atoms with E-state index in [4.69, 9.17) is 27.6 Å². The molecule has 0 bridgehead atoms. The molecule has 0 spiro atoms. The van der Waals surface area contributed by atoms with Crippen LogP contribution in [0.5, 0.6) is 5.88 Å². The first-order valence-electron chi connectivity index (χ1n) is 3.96. The van der Waals surface area contributed by atoms with E-state index >= 15 is 0 Å². The van der Waals surface area contributed by atoms with Crippen molar-refractivity contribution in [3.63, 3.8) is 0 Å². The van der Waals surface area contributed by atoms with Crippen LogP contribution in [0, 0.1) is 0 Å². The van der Waals surface area contributed by atoms with Crippen LogP contribution in [-0.2, 0) is 0 Å². The number of nitrogens with one attached hydrogen (secondary N) is 1. The number of H-pyrrole nitrogens is 1. The molecular weight excluding hydrogens is 241 g/mol. The maximum atomic E-state index is 10.8. The summed E-state index contributed by atoms with van der Waals surface area (Å²) in [6.45, 7) is 0. The van der Waals surface area contributed by atoms with Gasteiger partial charge in [0.25, 0.3) is 0 Å². The second-order valence-corrected chi connectivity index (χ2v) is 3.60. The molecular formula is C9H5Cl2NO3. The lowest BCUT2D eigenvalue weighted by molar-refractivity contribution is 0.452. The molecule has 15 heavy (non-hydrogen) atoms. The Bertz CT molecular complexity index is 538. The van der Waals surface area contributed by atoms with Gasteiger partial charge < -0.3 is 9.52 Å². The number of halogens is 2. The van der Waals surface area contributed by atoms with Crippen molar-refractivity contribution in [3.05, 3.63) is 38.8 Å². The van der Waals surface area contributed by atoms with Gasteiger partial charge in [-0.15, -0.1) is 0 Å². The third-order valence-corrected chi connectivity index (χ3v) is 2.45. The number of aromatic nitrogens is 1. The zero-order valence-electron chi connectivity index (χ0n) is 7.25. The van der Waals surface area contributed by atoms with Crippen LogP contribution in [0.15, 0.2) is 27.4 Å².